The van der Waals surface area contributed by atoms with Gasteiger partial charge in [-0.15, -0.1) is 0 Å². The molecule has 0 spiro atoms. The molecule has 1 aliphatic heterocycles. The van der Waals surface area contributed by atoms with Crippen molar-refractivity contribution in [2.75, 3.05) is 13.1 Å². The average Bonchev–Trinajstić information content (AvgIpc) is 2.72. The summed E-state index contributed by atoms with van der Waals surface area (Å²) in [6.07, 6.45) is 1.33. The largest absolute Gasteiger partial charge is 0.352 e. The highest BCUT2D eigenvalue weighted by atomic mass is 32.2. The van der Waals surface area contributed by atoms with Gasteiger partial charge in [0.1, 0.15) is 0 Å². The van der Waals surface area contributed by atoms with Crippen LogP contribution in [0.4, 0.5) is 0 Å². The molecular weight excluding hydrogens is 408 g/mol. The molecule has 1 heterocycles. The van der Waals surface area contributed by atoms with Crippen molar-refractivity contribution < 1.29 is 13.2 Å². The third-order valence-corrected chi connectivity index (χ3v) is 8.00. The standard InChI is InChI=1S/C25H34N2O3S/c1-19-7-9-20(10-8-19)17-26-23(28)25(5)15-6-16-27(18-25)31(29,30)22-13-11-21(12-14-22)24(2,3)4/h7-14H,6,15-18H2,1-5H3,(H,26,28)/t25-/m0/s1. The molecule has 3 rings (SSSR count). The molecular formula is C25H34N2O3S. The van der Waals surface area contributed by atoms with E-state index in [0.29, 0.717) is 25.9 Å². The quantitative estimate of drug-likeness (QED) is 0.746. The van der Waals surface area contributed by atoms with Crippen LogP contribution in [0.3, 0.4) is 0 Å². The molecule has 1 saturated heterocycles. The summed E-state index contributed by atoms with van der Waals surface area (Å²) in [6, 6.07) is 15.1. The van der Waals surface area contributed by atoms with Gasteiger partial charge >= 0.3 is 0 Å². The molecule has 0 aliphatic carbocycles. The minimum Gasteiger partial charge on any atom is -0.352 e. The zero-order chi connectivity index (χ0) is 22.9. The number of nitrogens with zero attached hydrogens (tertiary/aromatic N) is 1. The van der Waals surface area contributed by atoms with Crippen molar-refractivity contribution in [3.63, 3.8) is 0 Å². The summed E-state index contributed by atoms with van der Waals surface area (Å²) in [5, 5.41) is 3.00. The number of sulfonamides is 1. The SMILES string of the molecule is Cc1ccc(CNC(=O)[C@@]2(C)CCCN(S(=O)(=O)c3ccc(C(C)(C)C)cc3)C2)cc1. The van der Waals surface area contributed by atoms with E-state index < -0.39 is 15.4 Å². The average molecular weight is 443 g/mol. The van der Waals surface area contributed by atoms with Gasteiger partial charge in [0.2, 0.25) is 15.9 Å². The highest BCUT2D eigenvalue weighted by Crippen LogP contribution is 2.33. The second-order valence-corrected chi connectivity index (χ2v) is 11.9. The molecule has 0 unspecified atom stereocenters. The Balaban J connectivity index is 1.71. The Kier molecular flexibility index (Phi) is 6.63. The number of aryl methyl sites for hydroxylation is 1. The van der Waals surface area contributed by atoms with Gasteiger partial charge in [0.05, 0.1) is 10.3 Å². The molecule has 2 aromatic rings. The van der Waals surface area contributed by atoms with Crippen LogP contribution >= 0.6 is 0 Å². The lowest BCUT2D eigenvalue weighted by Crippen LogP contribution is -2.51. The number of hydrogen-bond donors (Lipinski definition) is 1. The Hall–Kier alpha value is -2.18. The van der Waals surface area contributed by atoms with Gasteiger partial charge in [-0.2, -0.15) is 4.31 Å². The summed E-state index contributed by atoms with van der Waals surface area (Å²) < 4.78 is 28.0. The van der Waals surface area contributed by atoms with E-state index in [1.165, 1.54) is 9.87 Å². The fourth-order valence-corrected chi connectivity index (χ4v) is 5.56. The van der Waals surface area contributed by atoms with Gasteiger partial charge in [0.25, 0.3) is 0 Å². The van der Waals surface area contributed by atoms with Crippen LogP contribution in [-0.4, -0.2) is 31.7 Å². The molecule has 1 atom stereocenters. The molecule has 0 bridgehead atoms. The zero-order valence-electron chi connectivity index (χ0n) is 19.2. The first-order valence-electron chi connectivity index (χ1n) is 10.9. The summed E-state index contributed by atoms with van der Waals surface area (Å²) in [5.74, 6) is -0.101. The van der Waals surface area contributed by atoms with E-state index in [4.69, 9.17) is 0 Å². The van der Waals surface area contributed by atoms with Crippen molar-refractivity contribution in [3.05, 3.63) is 65.2 Å². The predicted octanol–water partition coefficient (Wildman–Crippen LogP) is 4.40. The summed E-state index contributed by atoms with van der Waals surface area (Å²) in [6.45, 7) is 11.3. The molecule has 2 aromatic carbocycles. The van der Waals surface area contributed by atoms with Crippen molar-refractivity contribution in [3.8, 4) is 0 Å². The Morgan fingerprint density at radius 3 is 2.26 bits per heavy atom. The zero-order valence-corrected chi connectivity index (χ0v) is 20.1. The first-order chi connectivity index (χ1) is 14.4. The van der Waals surface area contributed by atoms with Crippen LogP contribution in [-0.2, 0) is 26.8 Å². The molecule has 6 heteroatoms. The summed E-state index contributed by atoms with van der Waals surface area (Å²) in [5.41, 5.74) is 2.50. The van der Waals surface area contributed by atoms with Gasteiger partial charge in [0, 0.05) is 19.6 Å². The maximum Gasteiger partial charge on any atom is 0.243 e. The Morgan fingerprint density at radius 1 is 1.06 bits per heavy atom. The van der Waals surface area contributed by atoms with Crippen LogP contribution in [0.1, 0.15) is 57.2 Å². The molecule has 31 heavy (non-hydrogen) atoms. The first-order valence-corrected chi connectivity index (χ1v) is 12.3. The molecule has 1 fully saturated rings. The van der Waals surface area contributed by atoms with Gasteiger partial charge < -0.3 is 5.32 Å². The predicted molar refractivity (Wildman–Crippen MR) is 124 cm³/mol. The number of carbonyl (C=O) groups is 1. The third kappa shape index (κ3) is 5.36. The third-order valence-electron chi connectivity index (χ3n) is 6.14. The highest BCUT2D eigenvalue weighted by Gasteiger charge is 2.41. The van der Waals surface area contributed by atoms with Crippen LogP contribution in [0, 0.1) is 12.3 Å². The van der Waals surface area contributed by atoms with E-state index in [1.807, 2.05) is 50.2 Å². The minimum atomic E-state index is -3.65. The van der Waals surface area contributed by atoms with Crippen molar-refractivity contribution in [1.82, 2.24) is 9.62 Å². The van der Waals surface area contributed by atoms with Crippen LogP contribution in [0.15, 0.2) is 53.4 Å². The van der Waals surface area contributed by atoms with Crippen LogP contribution in [0.5, 0.6) is 0 Å². The Labute approximate surface area is 186 Å². The van der Waals surface area contributed by atoms with E-state index in [2.05, 4.69) is 26.1 Å². The molecule has 1 amide bonds. The Morgan fingerprint density at radius 2 is 1.68 bits per heavy atom. The van der Waals surface area contributed by atoms with Crippen LogP contribution in [0.2, 0.25) is 0 Å². The number of piperidine rings is 1. The number of hydrogen-bond acceptors (Lipinski definition) is 3. The maximum absolute atomic E-state index is 13.3. The summed E-state index contributed by atoms with van der Waals surface area (Å²) in [7, 11) is -3.65. The van der Waals surface area contributed by atoms with E-state index >= 15 is 0 Å². The monoisotopic (exact) mass is 442 g/mol. The number of carbonyl (C=O) groups excluding carboxylic acids is 1. The van der Waals surface area contributed by atoms with Crippen LogP contribution in [0.25, 0.3) is 0 Å². The lowest BCUT2D eigenvalue weighted by molar-refractivity contribution is -0.132. The lowest BCUT2D eigenvalue weighted by atomic mass is 9.82. The number of amides is 1. The topological polar surface area (TPSA) is 66.5 Å². The van der Waals surface area contributed by atoms with Crippen LogP contribution < -0.4 is 5.32 Å². The van der Waals surface area contributed by atoms with Crippen molar-refractivity contribution in [2.24, 2.45) is 5.41 Å². The van der Waals surface area contributed by atoms with Crippen molar-refractivity contribution >= 4 is 15.9 Å². The van der Waals surface area contributed by atoms with E-state index in [0.717, 1.165) is 11.1 Å². The second kappa shape index (κ2) is 8.75. The number of benzene rings is 2. The molecule has 168 valence electrons. The van der Waals surface area contributed by atoms with E-state index in [1.54, 1.807) is 12.1 Å². The number of rotatable bonds is 5. The van der Waals surface area contributed by atoms with Gasteiger partial charge in [-0.1, -0.05) is 62.7 Å². The molecule has 5 nitrogen and oxygen atoms in total. The minimum absolute atomic E-state index is 0.0402. The van der Waals surface area contributed by atoms with E-state index in [9.17, 15) is 13.2 Å². The van der Waals surface area contributed by atoms with Gasteiger partial charge in [-0.25, -0.2) is 8.42 Å². The van der Waals surface area contributed by atoms with Gasteiger partial charge in [-0.05, 0) is 55.4 Å². The molecule has 1 N–H and O–H groups in total. The smallest absolute Gasteiger partial charge is 0.243 e. The summed E-state index contributed by atoms with van der Waals surface area (Å²) in [4.78, 5) is 13.3. The van der Waals surface area contributed by atoms with E-state index in [-0.39, 0.29) is 22.8 Å². The molecule has 0 aromatic heterocycles. The highest BCUT2D eigenvalue weighted by molar-refractivity contribution is 7.89. The summed E-state index contributed by atoms with van der Waals surface area (Å²) >= 11 is 0. The maximum atomic E-state index is 13.3. The second-order valence-electron chi connectivity index (χ2n) is 9.95. The van der Waals surface area contributed by atoms with Gasteiger partial charge in [0.15, 0.2) is 0 Å². The Bertz CT molecular complexity index is 1020. The fourth-order valence-electron chi connectivity index (χ4n) is 3.96. The van der Waals surface area contributed by atoms with Gasteiger partial charge in [-0.3, -0.25) is 4.79 Å². The van der Waals surface area contributed by atoms with Crippen molar-refractivity contribution in [2.45, 2.75) is 64.3 Å². The first kappa shape index (κ1) is 23.5. The fraction of sp³-hybridized carbons (Fsp3) is 0.480. The molecule has 0 radical (unpaired) electrons. The number of nitrogens with one attached hydrogen (secondary N) is 1. The van der Waals surface area contributed by atoms with Crippen molar-refractivity contribution in [1.29, 1.82) is 0 Å². The normalized spacial score (nSPS) is 20.4. The molecule has 1 aliphatic rings. The molecule has 0 saturated carbocycles. The lowest BCUT2D eigenvalue weighted by Gasteiger charge is -2.38.